The molecule has 1 N–H and O–H groups in total. The molecule has 2 amide bonds. The molecule has 3 heterocycles. The van der Waals surface area contributed by atoms with E-state index < -0.39 is 5.41 Å². The third-order valence-electron chi connectivity index (χ3n) is 8.29. The van der Waals surface area contributed by atoms with Crippen LogP contribution in [-0.2, 0) is 9.59 Å². The lowest BCUT2D eigenvalue weighted by atomic mass is 9.90. The fourth-order valence-corrected chi connectivity index (χ4v) is 6.04. The van der Waals surface area contributed by atoms with Gasteiger partial charge in [0.2, 0.25) is 11.8 Å². The van der Waals surface area contributed by atoms with Gasteiger partial charge >= 0.3 is 0 Å². The van der Waals surface area contributed by atoms with Crippen LogP contribution in [-0.4, -0.2) is 48.0 Å². The van der Waals surface area contributed by atoms with Crippen molar-refractivity contribution >= 4 is 28.4 Å². The van der Waals surface area contributed by atoms with E-state index in [0.717, 1.165) is 18.2 Å². The summed E-state index contributed by atoms with van der Waals surface area (Å²) in [4.78, 5) is 33.2. The minimum Gasteiger partial charge on any atom is -0.493 e. The van der Waals surface area contributed by atoms with Crippen LogP contribution >= 0.6 is 0 Å². The number of nitriles is 1. The van der Waals surface area contributed by atoms with Crippen LogP contribution in [0.15, 0.2) is 48.7 Å². The lowest BCUT2D eigenvalue weighted by Gasteiger charge is -2.38. The average Bonchev–Trinajstić information content (AvgIpc) is 3.73. The standard InChI is InChI=1S/C30H30N4O5/c1-37-26-15-23-24(16-27(26)38-2)32-12-9-25(23)39-22-7-3-19(4-8-22)33-28(35)30(10-11-30)29(36)34-20-5-6-21(34)14-18(13-20)17-31/h3-4,7-9,12,15-16,18,20-21H,5-6,10-11,13-14H2,1-2H3,(H,33,35)/t18?,20-,21+. The fraction of sp³-hybridized carbons (Fsp3) is 0.400. The molecule has 1 aliphatic carbocycles. The first-order valence-electron chi connectivity index (χ1n) is 13.3. The Labute approximate surface area is 226 Å². The van der Waals surface area contributed by atoms with Gasteiger partial charge in [0.1, 0.15) is 16.9 Å². The largest absolute Gasteiger partial charge is 0.493 e. The molecule has 3 fully saturated rings. The highest BCUT2D eigenvalue weighted by atomic mass is 16.5. The van der Waals surface area contributed by atoms with E-state index in [9.17, 15) is 14.9 Å². The highest BCUT2D eigenvalue weighted by Gasteiger charge is 2.61. The Morgan fingerprint density at radius 2 is 1.67 bits per heavy atom. The van der Waals surface area contributed by atoms with Crippen LogP contribution in [0.4, 0.5) is 5.69 Å². The number of carbonyl (C=O) groups excluding carboxylic acids is 2. The van der Waals surface area contributed by atoms with Crippen molar-refractivity contribution in [3.63, 3.8) is 0 Å². The van der Waals surface area contributed by atoms with Crippen molar-refractivity contribution in [2.75, 3.05) is 19.5 Å². The molecular formula is C30H30N4O5. The van der Waals surface area contributed by atoms with E-state index in [1.807, 2.05) is 11.0 Å². The molecule has 200 valence electrons. The smallest absolute Gasteiger partial charge is 0.240 e. The fourth-order valence-electron chi connectivity index (χ4n) is 6.04. The number of pyridine rings is 1. The van der Waals surface area contributed by atoms with Gasteiger partial charge in [0.05, 0.1) is 31.7 Å². The number of nitrogens with zero attached hydrogens (tertiary/aromatic N) is 3. The van der Waals surface area contributed by atoms with E-state index in [-0.39, 0.29) is 29.8 Å². The van der Waals surface area contributed by atoms with Crippen molar-refractivity contribution in [2.45, 2.75) is 50.6 Å². The number of hydrogen-bond acceptors (Lipinski definition) is 7. The number of benzene rings is 2. The zero-order valence-corrected chi connectivity index (χ0v) is 22.0. The maximum atomic E-state index is 13.6. The summed E-state index contributed by atoms with van der Waals surface area (Å²) in [6.45, 7) is 0. The molecule has 39 heavy (non-hydrogen) atoms. The molecule has 9 nitrogen and oxygen atoms in total. The third-order valence-corrected chi connectivity index (χ3v) is 8.29. The van der Waals surface area contributed by atoms with Gasteiger partial charge in [-0.2, -0.15) is 5.26 Å². The molecule has 0 spiro atoms. The highest BCUT2D eigenvalue weighted by molar-refractivity contribution is 6.13. The van der Waals surface area contributed by atoms with E-state index >= 15 is 0 Å². The number of methoxy groups -OCH3 is 2. The van der Waals surface area contributed by atoms with Crippen molar-refractivity contribution < 1.29 is 23.8 Å². The van der Waals surface area contributed by atoms with Gasteiger partial charge < -0.3 is 24.4 Å². The summed E-state index contributed by atoms with van der Waals surface area (Å²) in [5, 5.41) is 13.1. The number of rotatable bonds is 7. The van der Waals surface area contributed by atoms with Gasteiger partial charge in [-0.15, -0.1) is 0 Å². The van der Waals surface area contributed by atoms with E-state index in [4.69, 9.17) is 14.2 Å². The SMILES string of the molecule is COc1cc2nccc(Oc3ccc(NC(=O)C4(C(=O)N5[C@@H]6CC[C@H]5CC(C#N)C6)CC4)cc3)c2cc1OC. The molecule has 3 aromatic rings. The van der Waals surface area contributed by atoms with Gasteiger partial charge in [-0.05, 0) is 74.9 Å². The number of nitrogens with one attached hydrogen (secondary N) is 1. The third kappa shape index (κ3) is 4.40. The second-order valence-electron chi connectivity index (χ2n) is 10.6. The summed E-state index contributed by atoms with van der Waals surface area (Å²) in [5.41, 5.74) is 0.313. The molecular weight excluding hydrogens is 496 g/mol. The second kappa shape index (κ2) is 9.77. The molecule has 2 aromatic carbocycles. The summed E-state index contributed by atoms with van der Waals surface area (Å²) >= 11 is 0. The molecule has 0 radical (unpaired) electrons. The van der Waals surface area contributed by atoms with Crippen molar-refractivity contribution in [1.82, 2.24) is 9.88 Å². The lowest BCUT2D eigenvalue weighted by molar-refractivity contribution is -0.146. The van der Waals surface area contributed by atoms with Crippen molar-refractivity contribution in [1.29, 1.82) is 5.26 Å². The quantitative estimate of drug-likeness (QED) is 0.428. The number of amides is 2. The maximum Gasteiger partial charge on any atom is 0.240 e. The highest BCUT2D eigenvalue weighted by Crippen LogP contribution is 2.51. The normalized spacial score (nSPS) is 22.6. The van der Waals surface area contributed by atoms with Gasteiger partial charge in [0, 0.05) is 35.4 Å². The number of fused-ring (bicyclic) bond motifs is 3. The van der Waals surface area contributed by atoms with Crippen molar-refractivity contribution in [3.05, 3.63) is 48.7 Å². The number of hydrogen-bond donors (Lipinski definition) is 1. The van der Waals surface area contributed by atoms with Gasteiger partial charge in [0.15, 0.2) is 11.5 Å². The molecule has 1 unspecified atom stereocenters. The Hall–Kier alpha value is -4.32. The number of anilines is 1. The van der Waals surface area contributed by atoms with Gasteiger partial charge in [-0.1, -0.05) is 0 Å². The molecule has 2 bridgehead atoms. The molecule has 6 rings (SSSR count). The van der Waals surface area contributed by atoms with E-state index in [1.165, 1.54) is 0 Å². The predicted molar refractivity (Wildman–Crippen MR) is 144 cm³/mol. The summed E-state index contributed by atoms with van der Waals surface area (Å²) < 4.78 is 16.9. The maximum absolute atomic E-state index is 13.6. The van der Waals surface area contributed by atoms with E-state index in [0.29, 0.717) is 59.9 Å². The molecule has 9 heteroatoms. The monoisotopic (exact) mass is 526 g/mol. The zero-order chi connectivity index (χ0) is 27.1. The second-order valence-corrected chi connectivity index (χ2v) is 10.6. The Morgan fingerprint density at radius 3 is 2.28 bits per heavy atom. The molecule has 3 aliphatic rings. The Balaban J connectivity index is 1.14. The van der Waals surface area contributed by atoms with Crippen LogP contribution in [0.2, 0.25) is 0 Å². The van der Waals surface area contributed by atoms with Crippen LogP contribution in [0, 0.1) is 22.7 Å². The van der Waals surface area contributed by atoms with Crippen LogP contribution in [0.3, 0.4) is 0 Å². The Kier molecular flexibility index (Phi) is 6.26. The first-order valence-corrected chi connectivity index (χ1v) is 13.3. The molecule has 2 aliphatic heterocycles. The van der Waals surface area contributed by atoms with Crippen molar-refractivity contribution in [3.8, 4) is 29.1 Å². The van der Waals surface area contributed by atoms with Crippen LogP contribution in [0.25, 0.3) is 10.9 Å². The Morgan fingerprint density at radius 1 is 1.00 bits per heavy atom. The van der Waals surface area contributed by atoms with Crippen LogP contribution in [0.5, 0.6) is 23.0 Å². The summed E-state index contributed by atoms with van der Waals surface area (Å²) in [7, 11) is 3.15. The van der Waals surface area contributed by atoms with E-state index in [2.05, 4.69) is 16.4 Å². The number of ether oxygens (including phenoxy) is 3. The number of piperidine rings is 1. The first-order chi connectivity index (χ1) is 19.0. The van der Waals surface area contributed by atoms with Crippen molar-refractivity contribution in [2.24, 2.45) is 11.3 Å². The minimum atomic E-state index is -0.994. The topological polar surface area (TPSA) is 114 Å². The van der Waals surface area contributed by atoms with Gasteiger partial charge in [-0.25, -0.2) is 0 Å². The van der Waals surface area contributed by atoms with Gasteiger partial charge in [-0.3, -0.25) is 14.6 Å². The lowest BCUT2D eigenvalue weighted by Crippen LogP contribution is -2.51. The van der Waals surface area contributed by atoms with Crippen LogP contribution < -0.4 is 19.5 Å². The number of aromatic nitrogens is 1. The van der Waals surface area contributed by atoms with Gasteiger partial charge in [0.25, 0.3) is 0 Å². The zero-order valence-electron chi connectivity index (χ0n) is 22.0. The minimum absolute atomic E-state index is 0.00580. The predicted octanol–water partition coefficient (Wildman–Crippen LogP) is 5.06. The van der Waals surface area contributed by atoms with Crippen LogP contribution in [0.1, 0.15) is 38.5 Å². The van der Waals surface area contributed by atoms with E-state index in [1.54, 1.807) is 56.8 Å². The molecule has 1 saturated carbocycles. The summed E-state index contributed by atoms with van der Waals surface area (Å²) in [6, 6.07) is 15.0. The average molecular weight is 527 g/mol. The Bertz CT molecular complexity index is 1460. The first kappa shape index (κ1) is 25.0. The summed E-state index contributed by atoms with van der Waals surface area (Å²) in [6.07, 6.45) is 6.04. The molecule has 2 saturated heterocycles. The summed E-state index contributed by atoms with van der Waals surface area (Å²) in [5.74, 6) is 2.03. The molecule has 3 atom stereocenters. The molecule has 1 aromatic heterocycles. The number of carbonyl (C=O) groups is 2.